The second-order valence-electron chi connectivity index (χ2n) is 6.46. The molecule has 8 nitrogen and oxygen atoms in total. The van der Waals surface area contributed by atoms with Gasteiger partial charge in [-0.2, -0.15) is 0 Å². The highest BCUT2D eigenvalue weighted by atomic mass is 16.8. The molecule has 23 heavy (non-hydrogen) atoms. The molecule has 2 aliphatic carbocycles. The standard InChI is InChI=1S/C15H26O8/c1-19-11-9(17)8(16)10(18)12-13(11)23-15(21-3)7-5-4-6-14(15,20-2)22-12/h8-13,16-18H,4-7H2,1-3H3/t8-,9+,10+,11-,12+,13+,14?,15?/m1/s1. The van der Waals surface area contributed by atoms with Gasteiger partial charge in [-0.15, -0.1) is 0 Å². The molecule has 134 valence electrons. The van der Waals surface area contributed by atoms with E-state index < -0.39 is 48.2 Å². The first-order valence-corrected chi connectivity index (χ1v) is 7.98. The normalized spacial score (nSPS) is 53.5. The molecular weight excluding hydrogens is 308 g/mol. The van der Waals surface area contributed by atoms with E-state index in [1.807, 2.05) is 0 Å². The SMILES string of the molecule is CO[C@@H]1[C@@H](O)[C@@H](O)[C@H](O)[C@@H]2OC3(OC)CCCCC3(OC)O[C@@H]12. The Hall–Kier alpha value is -0.320. The summed E-state index contributed by atoms with van der Waals surface area (Å²) in [6, 6.07) is 0. The summed E-state index contributed by atoms with van der Waals surface area (Å²) in [4.78, 5) is 0. The van der Waals surface area contributed by atoms with Crippen LogP contribution in [0.3, 0.4) is 0 Å². The number of fused-ring (bicyclic) bond motifs is 2. The summed E-state index contributed by atoms with van der Waals surface area (Å²) < 4.78 is 28.9. The summed E-state index contributed by atoms with van der Waals surface area (Å²) in [5.41, 5.74) is 0. The van der Waals surface area contributed by atoms with Gasteiger partial charge in [-0.1, -0.05) is 0 Å². The van der Waals surface area contributed by atoms with Crippen molar-refractivity contribution in [3.8, 4) is 0 Å². The van der Waals surface area contributed by atoms with Crippen LogP contribution in [-0.2, 0) is 23.7 Å². The monoisotopic (exact) mass is 334 g/mol. The van der Waals surface area contributed by atoms with E-state index in [9.17, 15) is 15.3 Å². The van der Waals surface area contributed by atoms with Crippen LogP contribution in [0.25, 0.3) is 0 Å². The fourth-order valence-corrected chi connectivity index (χ4v) is 4.16. The van der Waals surface area contributed by atoms with Crippen LogP contribution in [-0.4, -0.2) is 84.8 Å². The van der Waals surface area contributed by atoms with Crippen molar-refractivity contribution in [3.05, 3.63) is 0 Å². The fourth-order valence-electron chi connectivity index (χ4n) is 4.16. The van der Waals surface area contributed by atoms with Crippen molar-refractivity contribution in [2.24, 2.45) is 0 Å². The van der Waals surface area contributed by atoms with Crippen molar-refractivity contribution < 1.29 is 39.0 Å². The first-order chi connectivity index (χ1) is 10.9. The molecule has 2 saturated carbocycles. The van der Waals surface area contributed by atoms with Crippen LogP contribution < -0.4 is 0 Å². The molecule has 3 aliphatic rings. The summed E-state index contributed by atoms with van der Waals surface area (Å²) in [5, 5.41) is 30.6. The largest absolute Gasteiger partial charge is 0.387 e. The maximum atomic E-state index is 10.3. The lowest BCUT2D eigenvalue weighted by Gasteiger charge is -2.60. The number of hydrogen-bond acceptors (Lipinski definition) is 8. The van der Waals surface area contributed by atoms with Crippen molar-refractivity contribution in [1.82, 2.24) is 0 Å². The summed E-state index contributed by atoms with van der Waals surface area (Å²) in [6.45, 7) is 0. The van der Waals surface area contributed by atoms with Gasteiger partial charge in [-0.3, -0.25) is 0 Å². The summed E-state index contributed by atoms with van der Waals surface area (Å²) >= 11 is 0. The third-order valence-corrected chi connectivity index (χ3v) is 5.45. The molecule has 0 bridgehead atoms. The van der Waals surface area contributed by atoms with Crippen molar-refractivity contribution in [2.75, 3.05) is 21.3 Å². The highest BCUT2D eigenvalue weighted by Gasteiger charge is 2.67. The maximum absolute atomic E-state index is 10.3. The van der Waals surface area contributed by atoms with Crippen LogP contribution in [0.1, 0.15) is 25.7 Å². The van der Waals surface area contributed by atoms with Crippen LogP contribution in [0.4, 0.5) is 0 Å². The number of aliphatic hydroxyl groups excluding tert-OH is 3. The van der Waals surface area contributed by atoms with Gasteiger partial charge in [0.1, 0.15) is 36.6 Å². The third-order valence-electron chi connectivity index (χ3n) is 5.45. The minimum absolute atomic E-state index is 0.545. The summed E-state index contributed by atoms with van der Waals surface area (Å²) in [5.74, 6) is -2.30. The molecule has 1 aliphatic heterocycles. The number of methoxy groups -OCH3 is 3. The zero-order valence-corrected chi connectivity index (χ0v) is 13.7. The Morgan fingerprint density at radius 2 is 1.30 bits per heavy atom. The Bertz CT molecular complexity index is 434. The van der Waals surface area contributed by atoms with Crippen LogP contribution in [0, 0.1) is 0 Å². The molecule has 0 spiro atoms. The van der Waals surface area contributed by atoms with E-state index in [2.05, 4.69) is 0 Å². The molecule has 2 unspecified atom stereocenters. The topological polar surface area (TPSA) is 107 Å². The highest BCUT2D eigenvalue weighted by Crippen LogP contribution is 2.51. The van der Waals surface area contributed by atoms with Gasteiger partial charge in [0, 0.05) is 34.2 Å². The summed E-state index contributed by atoms with van der Waals surface area (Å²) in [7, 11) is 4.45. The Morgan fingerprint density at radius 3 is 1.78 bits per heavy atom. The first kappa shape index (κ1) is 17.5. The molecule has 0 aromatic carbocycles. The molecule has 3 N–H and O–H groups in total. The second kappa shape index (κ2) is 6.20. The Kier molecular flexibility index (Phi) is 4.72. The fraction of sp³-hybridized carbons (Fsp3) is 1.00. The molecule has 0 amide bonds. The van der Waals surface area contributed by atoms with Gasteiger partial charge < -0.3 is 39.0 Å². The van der Waals surface area contributed by atoms with Gasteiger partial charge in [0.05, 0.1) is 0 Å². The molecule has 1 saturated heterocycles. The van der Waals surface area contributed by atoms with Gasteiger partial charge in [-0.25, -0.2) is 0 Å². The number of hydrogen-bond donors (Lipinski definition) is 3. The zero-order chi connectivity index (χ0) is 16.8. The van der Waals surface area contributed by atoms with Gasteiger partial charge in [0.25, 0.3) is 0 Å². The quantitative estimate of drug-likeness (QED) is 0.612. The smallest absolute Gasteiger partial charge is 0.223 e. The molecule has 0 aromatic heterocycles. The average molecular weight is 334 g/mol. The van der Waals surface area contributed by atoms with Gasteiger partial charge in [0.15, 0.2) is 0 Å². The van der Waals surface area contributed by atoms with E-state index in [0.29, 0.717) is 12.8 Å². The minimum atomic E-state index is -1.39. The van der Waals surface area contributed by atoms with E-state index in [-0.39, 0.29) is 0 Å². The Morgan fingerprint density at radius 1 is 0.783 bits per heavy atom. The summed E-state index contributed by atoms with van der Waals surface area (Å²) in [6.07, 6.45) is -3.65. The van der Waals surface area contributed by atoms with Crippen LogP contribution >= 0.6 is 0 Å². The van der Waals surface area contributed by atoms with E-state index in [0.717, 1.165) is 12.8 Å². The van der Waals surface area contributed by atoms with Crippen molar-refractivity contribution in [2.45, 2.75) is 73.9 Å². The van der Waals surface area contributed by atoms with Crippen molar-refractivity contribution in [1.29, 1.82) is 0 Å². The van der Waals surface area contributed by atoms with Crippen LogP contribution in [0.5, 0.6) is 0 Å². The Balaban J connectivity index is 1.99. The predicted molar refractivity (Wildman–Crippen MR) is 76.5 cm³/mol. The van der Waals surface area contributed by atoms with E-state index in [1.165, 1.54) is 21.3 Å². The van der Waals surface area contributed by atoms with Gasteiger partial charge in [-0.05, 0) is 12.8 Å². The molecule has 3 rings (SSSR count). The molecule has 0 radical (unpaired) electrons. The molecular formula is C15H26O8. The third kappa shape index (κ3) is 2.36. The predicted octanol–water partition coefficient (Wildman–Crippen LogP) is -0.859. The lowest BCUT2D eigenvalue weighted by molar-refractivity contribution is -0.489. The van der Waals surface area contributed by atoms with Crippen molar-refractivity contribution >= 4 is 0 Å². The molecule has 0 aromatic rings. The van der Waals surface area contributed by atoms with Crippen molar-refractivity contribution in [3.63, 3.8) is 0 Å². The molecule has 3 fully saturated rings. The van der Waals surface area contributed by atoms with E-state index in [1.54, 1.807) is 0 Å². The number of aliphatic hydroxyl groups is 3. The number of rotatable bonds is 3. The van der Waals surface area contributed by atoms with E-state index in [4.69, 9.17) is 23.7 Å². The molecule has 8 atom stereocenters. The van der Waals surface area contributed by atoms with Gasteiger partial charge >= 0.3 is 0 Å². The minimum Gasteiger partial charge on any atom is -0.387 e. The zero-order valence-electron chi connectivity index (χ0n) is 13.7. The average Bonchev–Trinajstić information content (AvgIpc) is 2.59. The second-order valence-corrected chi connectivity index (χ2v) is 6.46. The van der Waals surface area contributed by atoms with Gasteiger partial charge in [0.2, 0.25) is 11.6 Å². The molecule has 1 heterocycles. The first-order valence-electron chi connectivity index (χ1n) is 7.98. The molecule has 8 heteroatoms. The van der Waals surface area contributed by atoms with E-state index >= 15 is 0 Å². The van der Waals surface area contributed by atoms with Crippen LogP contribution in [0.15, 0.2) is 0 Å². The highest BCUT2D eigenvalue weighted by molar-refractivity contribution is 5.08. The number of ether oxygens (including phenoxy) is 5. The lowest BCUT2D eigenvalue weighted by Crippen LogP contribution is -2.76. The Labute approximate surface area is 135 Å². The maximum Gasteiger partial charge on any atom is 0.223 e. The lowest BCUT2D eigenvalue weighted by atomic mass is 9.79. The van der Waals surface area contributed by atoms with Crippen LogP contribution in [0.2, 0.25) is 0 Å².